The Hall–Kier alpha value is -1.89. The zero-order valence-electron chi connectivity index (χ0n) is 12.0. The number of nitrogens with two attached hydrogens (primary N) is 1. The minimum absolute atomic E-state index is 0.0690. The van der Waals surface area contributed by atoms with Gasteiger partial charge in [-0.1, -0.05) is 19.0 Å². The first-order valence-corrected chi connectivity index (χ1v) is 6.88. The van der Waals surface area contributed by atoms with E-state index in [1.165, 1.54) is 0 Å². The average Bonchev–Trinajstić information content (AvgIpc) is 2.46. The van der Waals surface area contributed by atoms with E-state index in [1.807, 2.05) is 0 Å². The Morgan fingerprint density at radius 3 is 2.70 bits per heavy atom. The highest BCUT2D eigenvalue weighted by atomic mass is 16.4. The van der Waals surface area contributed by atoms with Gasteiger partial charge in [0.2, 0.25) is 0 Å². The average molecular weight is 278 g/mol. The summed E-state index contributed by atoms with van der Waals surface area (Å²) in [7, 11) is 0. The molecule has 3 N–H and O–H groups in total. The Morgan fingerprint density at radius 2 is 2.10 bits per heavy atom. The molecule has 1 fully saturated rings. The molecule has 0 aliphatic carbocycles. The third kappa shape index (κ3) is 3.36. The SMILES string of the molecule is CC(C)CN1CCN(c2nnccc2/C(N)=N/O)CC1. The predicted octanol–water partition coefficient (Wildman–Crippen LogP) is 0.349. The lowest BCUT2D eigenvalue weighted by Gasteiger charge is -2.36. The van der Waals surface area contributed by atoms with Gasteiger partial charge in [-0.05, 0) is 12.0 Å². The van der Waals surface area contributed by atoms with E-state index in [0.717, 1.165) is 32.7 Å². The second-order valence-electron chi connectivity index (χ2n) is 5.44. The molecular formula is C13H22N6O. The van der Waals surface area contributed by atoms with Gasteiger partial charge < -0.3 is 15.8 Å². The van der Waals surface area contributed by atoms with Crippen LogP contribution in [0.1, 0.15) is 19.4 Å². The van der Waals surface area contributed by atoms with Gasteiger partial charge in [0.25, 0.3) is 0 Å². The van der Waals surface area contributed by atoms with Crippen LogP contribution in [0.4, 0.5) is 5.82 Å². The van der Waals surface area contributed by atoms with Crippen molar-refractivity contribution in [1.82, 2.24) is 15.1 Å². The first-order chi connectivity index (χ1) is 9.61. The molecular weight excluding hydrogens is 256 g/mol. The Labute approximate surface area is 119 Å². The fourth-order valence-corrected chi connectivity index (χ4v) is 2.47. The zero-order valence-corrected chi connectivity index (χ0v) is 12.0. The summed E-state index contributed by atoms with van der Waals surface area (Å²) in [5, 5.41) is 19.9. The molecule has 7 heteroatoms. The standard InChI is InChI=1S/C13H22N6O/c1-10(2)9-18-5-7-19(8-6-18)13-11(12(14)17-20)3-4-15-16-13/h3-4,10,20H,5-9H2,1-2H3,(H2,14,17). The molecule has 0 bridgehead atoms. The van der Waals surface area contributed by atoms with Crippen molar-refractivity contribution in [2.75, 3.05) is 37.6 Å². The van der Waals surface area contributed by atoms with Crippen LogP contribution in [-0.2, 0) is 0 Å². The number of amidine groups is 1. The van der Waals surface area contributed by atoms with E-state index in [0.29, 0.717) is 17.3 Å². The highest BCUT2D eigenvalue weighted by molar-refractivity contribution is 6.01. The van der Waals surface area contributed by atoms with E-state index in [9.17, 15) is 0 Å². The maximum absolute atomic E-state index is 8.84. The van der Waals surface area contributed by atoms with Crippen LogP contribution < -0.4 is 10.6 Å². The van der Waals surface area contributed by atoms with Crippen molar-refractivity contribution in [2.45, 2.75) is 13.8 Å². The van der Waals surface area contributed by atoms with Crippen LogP contribution in [0, 0.1) is 5.92 Å². The monoisotopic (exact) mass is 278 g/mol. The molecule has 0 radical (unpaired) electrons. The number of anilines is 1. The van der Waals surface area contributed by atoms with Gasteiger partial charge in [-0.2, -0.15) is 5.10 Å². The first kappa shape index (κ1) is 14.5. The van der Waals surface area contributed by atoms with E-state index >= 15 is 0 Å². The third-order valence-electron chi connectivity index (χ3n) is 3.38. The molecule has 20 heavy (non-hydrogen) atoms. The van der Waals surface area contributed by atoms with E-state index in [2.05, 4.69) is 39.0 Å². The molecule has 1 saturated heterocycles. The Morgan fingerprint density at radius 1 is 1.40 bits per heavy atom. The number of nitrogens with zero attached hydrogens (tertiary/aromatic N) is 5. The predicted molar refractivity (Wildman–Crippen MR) is 78.0 cm³/mol. The van der Waals surface area contributed by atoms with Gasteiger partial charge in [0, 0.05) is 32.7 Å². The van der Waals surface area contributed by atoms with E-state index in [4.69, 9.17) is 10.9 Å². The normalized spacial score (nSPS) is 17.8. The van der Waals surface area contributed by atoms with Gasteiger partial charge in [-0.25, -0.2) is 0 Å². The summed E-state index contributed by atoms with van der Waals surface area (Å²) in [6.45, 7) is 9.29. The fraction of sp³-hybridized carbons (Fsp3) is 0.615. The largest absolute Gasteiger partial charge is 0.409 e. The summed E-state index contributed by atoms with van der Waals surface area (Å²) in [5.41, 5.74) is 6.31. The molecule has 1 aromatic rings. The van der Waals surface area contributed by atoms with Crippen molar-refractivity contribution in [3.05, 3.63) is 17.8 Å². The highest BCUT2D eigenvalue weighted by Gasteiger charge is 2.22. The van der Waals surface area contributed by atoms with Gasteiger partial charge in [0.15, 0.2) is 11.7 Å². The van der Waals surface area contributed by atoms with Crippen molar-refractivity contribution < 1.29 is 5.21 Å². The van der Waals surface area contributed by atoms with Crippen molar-refractivity contribution >= 4 is 11.7 Å². The molecule has 1 aliphatic heterocycles. The molecule has 110 valence electrons. The lowest BCUT2D eigenvalue weighted by Crippen LogP contribution is -2.48. The minimum Gasteiger partial charge on any atom is -0.409 e. The van der Waals surface area contributed by atoms with Gasteiger partial charge in [0.05, 0.1) is 11.8 Å². The van der Waals surface area contributed by atoms with Crippen LogP contribution in [0.3, 0.4) is 0 Å². The Balaban J connectivity index is 2.07. The maximum Gasteiger partial charge on any atom is 0.173 e. The van der Waals surface area contributed by atoms with Gasteiger partial charge in [-0.15, -0.1) is 5.10 Å². The van der Waals surface area contributed by atoms with Crippen LogP contribution in [0.15, 0.2) is 17.4 Å². The summed E-state index contributed by atoms with van der Waals surface area (Å²) >= 11 is 0. The molecule has 0 saturated carbocycles. The van der Waals surface area contributed by atoms with Gasteiger partial charge in [0.1, 0.15) is 0 Å². The lowest BCUT2D eigenvalue weighted by molar-refractivity contribution is 0.230. The second kappa shape index (κ2) is 6.51. The fourth-order valence-electron chi connectivity index (χ4n) is 2.47. The van der Waals surface area contributed by atoms with Crippen molar-refractivity contribution in [3.63, 3.8) is 0 Å². The summed E-state index contributed by atoms with van der Waals surface area (Å²) in [6, 6.07) is 1.72. The van der Waals surface area contributed by atoms with Gasteiger partial charge in [-0.3, -0.25) is 4.90 Å². The number of piperazine rings is 1. The van der Waals surface area contributed by atoms with Crippen LogP contribution >= 0.6 is 0 Å². The topological polar surface area (TPSA) is 90.9 Å². The molecule has 1 aromatic heterocycles. The number of rotatable bonds is 4. The quantitative estimate of drug-likeness (QED) is 0.357. The smallest absolute Gasteiger partial charge is 0.173 e. The van der Waals surface area contributed by atoms with Crippen LogP contribution in [0.2, 0.25) is 0 Å². The number of oxime groups is 1. The number of aromatic nitrogens is 2. The molecule has 1 aliphatic rings. The molecule has 0 unspecified atom stereocenters. The molecule has 0 spiro atoms. The molecule has 0 atom stereocenters. The summed E-state index contributed by atoms with van der Waals surface area (Å²) in [4.78, 5) is 4.58. The molecule has 7 nitrogen and oxygen atoms in total. The van der Waals surface area contributed by atoms with Crippen LogP contribution in [0.5, 0.6) is 0 Å². The van der Waals surface area contributed by atoms with Crippen molar-refractivity contribution in [3.8, 4) is 0 Å². The van der Waals surface area contributed by atoms with Gasteiger partial charge >= 0.3 is 0 Å². The summed E-state index contributed by atoms with van der Waals surface area (Å²) in [5.74, 6) is 1.43. The summed E-state index contributed by atoms with van der Waals surface area (Å²) in [6.07, 6.45) is 1.55. The molecule has 2 heterocycles. The third-order valence-corrected chi connectivity index (χ3v) is 3.38. The maximum atomic E-state index is 8.84. The van der Waals surface area contributed by atoms with Crippen LogP contribution in [0.25, 0.3) is 0 Å². The van der Waals surface area contributed by atoms with E-state index in [-0.39, 0.29) is 5.84 Å². The summed E-state index contributed by atoms with van der Waals surface area (Å²) < 4.78 is 0. The van der Waals surface area contributed by atoms with Crippen LogP contribution in [-0.4, -0.2) is 58.9 Å². The molecule has 0 amide bonds. The highest BCUT2D eigenvalue weighted by Crippen LogP contribution is 2.18. The first-order valence-electron chi connectivity index (χ1n) is 6.88. The Bertz CT molecular complexity index is 468. The second-order valence-corrected chi connectivity index (χ2v) is 5.44. The minimum atomic E-state index is 0.0690. The Kier molecular flexibility index (Phi) is 4.73. The number of hydrogen-bond acceptors (Lipinski definition) is 6. The molecule has 0 aromatic carbocycles. The van der Waals surface area contributed by atoms with Crippen molar-refractivity contribution in [1.29, 1.82) is 0 Å². The van der Waals surface area contributed by atoms with E-state index < -0.39 is 0 Å². The van der Waals surface area contributed by atoms with Crippen molar-refractivity contribution in [2.24, 2.45) is 16.8 Å². The molecule has 2 rings (SSSR count). The van der Waals surface area contributed by atoms with E-state index in [1.54, 1.807) is 12.3 Å². The lowest BCUT2D eigenvalue weighted by atomic mass is 10.2. The number of hydrogen-bond donors (Lipinski definition) is 2. The zero-order chi connectivity index (χ0) is 14.5.